The molecule has 0 radical (unpaired) electrons. The summed E-state index contributed by atoms with van der Waals surface area (Å²) < 4.78 is 6.60. The van der Waals surface area contributed by atoms with Crippen LogP contribution in [0.5, 0.6) is 0 Å². The Balaban J connectivity index is 1.50. The highest BCUT2D eigenvalue weighted by Crippen LogP contribution is 2.39. The zero-order valence-electron chi connectivity index (χ0n) is 19.1. The second-order valence-corrected chi connectivity index (χ2v) is 8.50. The number of carbonyl (C=O) groups is 1. The second kappa shape index (κ2) is 8.63. The molecule has 2 aromatic carbocycles. The van der Waals surface area contributed by atoms with Crippen molar-refractivity contribution in [3.05, 3.63) is 77.2 Å². The van der Waals surface area contributed by atoms with Crippen LogP contribution in [0.15, 0.2) is 60.6 Å². The third-order valence-corrected chi connectivity index (χ3v) is 6.24. The summed E-state index contributed by atoms with van der Waals surface area (Å²) >= 11 is 0. The molecule has 8 nitrogen and oxygen atoms in total. The predicted octanol–water partition coefficient (Wildman–Crippen LogP) is 3.37. The van der Waals surface area contributed by atoms with Gasteiger partial charge in [0.2, 0.25) is 0 Å². The topological polar surface area (TPSA) is 83.4 Å². The molecule has 1 unspecified atom stereocenters. The number of aromatic nitrogens is 2. The Kier molecular flexibility index (Phi) is 5.51. The first-order valence-corrected chi connectivity index (χ1v) is 11.1. The summed E-state index contributed by atoms with van der Waals surface area (Å²) in [5, 5.41) is 10.2. The molecule has 0 aliphatic carbocycles. The smallest absolute Gasteiger partial charge is 0.309 e. The van der Waals surface area contributed by atoms with Crippen LogP contribution in [0, 0.1) is 0 Å². The zero-order chi connectivity index (χ0) is 22.9. The molecule has 0 saturated heterocycles. The summed E-state index contributed by atoms with van der Waals surface area (Å²) in [6.07, 6.45) is 5.13. The van der Waals surface area contributed by atoms with Gasteiger partial charge in [0.25, 0.3) is 0 Å². The number of nitrogens with one attached hydrogen (secondary N) is 3. The van der Waals surface area contributed by atoms with E-state index >= 15 is 0 Å². The van der Waals surface area contributed by atoms with Crippen LogP contribution < -0.4 is 16.3 Å². The maximum Gasteiger partial charge on any atom is 0.309 e. The number of nitrogens with zero attached hydrogens (tertiary/aromatic N) is 3. The molecule has 1 aromatic heterocycles. The number of benzene rings is 2. The Morgan fingerprint density at radius 2 is 2.03 bits per heavy atom. The van der Waals surface area contributed by atoms with Crippen LogP contribution >= 0.6 is 0 Å². The number of esters is 1. The third kappa shape index (κ3) is 4.17. The van der Waals surface area contributed by atoms with Crippen molar-refractivity contribution in [3.63, 3.8) is 0 Å². The molecule has 3 heterocycles. The summed E-state index contributed by atoms with van der Waals surface area (Å²) in [4.78, 5) is 11.6. The van der Waals surface area contributed by atoms with E-state index in [4.69, 9.17) is 4.74 Å². The minimum atomic E-state index is -0.235. The van der Waals surface area contributed by atoms with Gasteiger partial charge in [-0.25, -0.2) is 0 Å². The first-order chi connectivity index (χ1) is 16.0. The summed E-state index contributed by atoms with van der Waals surface area (Å²) in [6.45, 7) is 2.95. The molecular weight excluding hydrogens is 416 g/mol. The molecule has 0 bridgehead atoms. The van der Waals surface area contributed by atoms with Gasteiger partial charge in [0, 0.05) is 36.6 Å². The monoisotopic (exact) mass is 444 g/mol. The van der Waals surface area contributed by atoms with Gasteiger partial charge in [-0.05, 0) is 48.2 Å². The fraction of sp³-hybridized carbons (Fsp3) is 0.280. The van der Waals surface area contributed by atoms with Crippen LogP contribution in [0.4, 0.5) is 5.69 Å². The van der Waals surface area contributed by atoms with Crippen molar-refractivity contribution < 1.29 is 9.53 Å². The Morgan fingerprint density at radius 3 is 2.76 bits per heavy atom. The molecule has 3 N–H and O–H groups in total. The fourth-order valence-corrected chi connectivity index (χ4v) is 4.52. The average molecular weight is 445 g/mol. The van der Waals surface area contributed by atoms with Crippen molar-refractivity contribution in [1.29, 1.82) is 0 Å². The van der Waals surface area contributed by atoms with Crippen molar-refractivity contribution in [3.8, 4) is 11.1 Å². The fourth-order valence-electron chi connectivity index (χ4n) is 4.52. The lowest BCUT2D eigenvalue weighted by molar-refractivity contribution is -0.139. The molecular formula is C25H28N6O2. The van der Waals surface area contributed by atoms with Crippen molar-refractivity contribution in [1.82, 2.24) is 25.7 Å². The molecule has 1 atom stereocenters. The second-order valence-electron chi connectivity index (χ2n) is 8.50. The number of carbonyl (C=O) groups excluding carboxylic acids is 1. The van der Waals surface area contributed by atoms with E-state index in [1.54, 1.807) is 0 Å². The van der Waals surface area contributed by atoms with E-state index in [9.17, 15) is 4.79 Å². The maximum absolute atomic E-state index is 11.6. The SMILES string of the molecule is COC(=O)Cc1ccc(NC2CCN3NNC(C)=C3c3ccc(-c4cnn(C)c4)cc32)cc1. The maximum atomic E-state index is 11.6. The predicted molar refractivity (Wildman–Crippen MR) is 127 cm³/mol. The Hall–Kier alpha value is -3.78. The van der Waals surface area contributed by atoms with Gasteiger partial charge in [-0.15, -0.1) is 5.53 Å². The molecule has 2 aliphatic rings. The molecule has 33 heavy (non-hydrogen) atoms. The molecule has 0 amide bonds. The number of aryl methyl sites for hydroxylation is 1. The number of hydrazine groups is 2. The minimum Gasteiger partial charge on any atom is -0.469 e. The van der Waals surface area contributed by atoms with Gasteiger partial charge in [-0.2, -0.15) is 5.10 Å². The van der Waals surface area contributed by atoms with Crippen LogP contribution in [0.3, 0.4) is 0 Å². The Morgan fingerprint density at radius 1 is 1.21 bits per heavy atom. The number of rotatable bonds is 5. The van der Waals surface area contributed by atoms with E-state index in [0.717, 1.165) is 41.0 Å². The van der Waals surface area contributed by atoms with Crippen LogP contribution in [0.1, 0.15) is 36.1 Å². The lowest BCUT2D eigenvalue weighted by Gasteiger charge is -2.21. The number of methoxy groups -OCH3 is 1. The number of ether oxygens (including phenoxy) is 1. The van der Waals surface area contributed by atoms with E-state index in [1.165, 1.54) is 23.9 Å². The van der Waals surface area contributed by atoms with Gasteiger partial charge >= 0.3 is 5.97 Å². The molecule has 2 aliphatic heterocycles. The molecule has 3 aromatic rings. The Labute approximate surface area is 193 Å². The summed E-state index contributed by atoms with van der Waals surface area (Å²) in [5.41, 5.74) is 15.5. The average Bonchev–Trinajstić information content (AvgIpc) is 3.38. The van der Waals surface area contributed by atoms with Gasteiger partial charge in [-0.3, -0.25) is 14.5 Å². The van der Waals surface area contributed by atoms with Crippen LogP contribution in [0.2, 0.25) is 0 Å². The molecule has 0 spiro atoms. The van der Waals surface area contributed by atoms with Crippen molar-refractivity contribution in [2.75, 3.05) is 19.0 Å². The number of fused-ring (bicyclic) bond motifs is 3. The number of anilines is 1. The van der Waals surface area contributed by atoms with Crippen LogP contribution in [-0.4, -0.2) is 34.4 Å². The number of hydrogen-bond donors (Lipinski definition) is 3. The van der Waals surface area contributed by atoms with Crippen molar-refractivity contribution >= 4 is 17.4 Å². The highest BCUT2D eigenvalue weighted by molar-refractivity contribution is 5.76. The molecule has 0 fully saturated rings. The standard InChI is InChI=1S/C25H28N6O2/c1-16-25-21-9-6-18(19-14-26-30(2)15-19)13-22(21)23(10-11-31(25)29-28-16)27-20-7-4-17(5-8-20)12-24(32)33-3/h4-9,13-15,23,27-29H,10-12H2,1-3H3. The summed E-state index contributed by atoms with van der Waals surface area (Å²) in [5.74, 6) is -0.235. The van der Waals surface area contributed by atoms with E-state index < -0.39 is 0 Å². The van der Waals surface area contributed by atoms with Crippen molar-refractivity contribution in [2.24, 2.45) is 7.05 Å². The van der Waals surface area contributed by atoms with Gasteiger partial charge in [-0.1, -0.05) is 24.3 Å². The van der Waals surface area contributed by atoms with Crippen LogP contribution in [-0.2, 0) is 23.0 Å². The quantitative estimate of drug-likeness (QED) is 0.521. The van der Waals surface area contributed by atoms with Crippen LogP contribution in [0.25, 0.3) is 16.8 Å². The van der Waals surface area contributed by atoms with Crippen molar-refractivity contribution in [2.45, 2.75) is 25.8 Å². The minimum absolute atomic E-state index is 0.121. The molecule has 8 heteroatoms. The normalized spacial score (nSPS) is 17.2. The lowest BCUT2D eigenvalue weighted by Crippen LogP contribution is -2.37. The van der Waals surface area contributed by atoms with E-state index in [2.05, 4.69) is 51.5 Å². The molecule has 5 rings (SSSR count). The van der Waals surface area contributed by atoms with Gasteiger partial charge in [0.05, 0.1) is 37.2 Å². The number of hydrogen-bond acceptors (Lipinski definition) is 7. The van der Waals surface area contributed by atoms with Gasteiger partial charge in [0.1, 0.15) is 0 Å². The Bertz CT molecular complexity index is 1210. The summed E-state index contributed by atoms with van der Waals surface area (Å²) in [6, 6.07) is 14.8. The summed E-state index contributed by atoms with van der Waals surface area (Å²) in [7, 11) is 3.34. The van der Waals surface area contributed by atoms with Gasteiger partial charge < -0.3 is 15.5 Å². The molecule has 170 valence electrons. The highest BCUT2D eigenvalue weighted by atomic mass is 16.5. The van der Waals surface area contributed by atoms with E-state index in [-0.39, 0.29) is 18.4 Å². The first-order valence-electron chi connectivity index (χ1n) is 11.1. The zero-order valence-corrected chi connectivity index (χ0v) is 19.1. The highest BCUT2D eigenvalue weighted by Gasteiger charge is 2.30. The number of allylic oxidation sites excluding steroid dienone is 1. The van der Waals surface area contributed by atoms with E-state index in [0.29, 0.717) is 0 Å². The van der Waals surface area contributed by atoms with Gasteiger partial charge in [0.15, 0.2) is 0 Å². The van der Waals surface area contributed by atoms with E-state index in [1.807, 2.05) is 48.4 Å². The molecule has 0 saturated carbocycles. The lowest BCUT2D eigenvalue weighted by atomic mass is 9.93. The largest absolute Gasteiger partial charge is 0.469 e. The third-order valence-electron chi connectivity index (χ3n) is 6.24. The first kappa shape index (κ1) is 21.1.